The molecule has 4 heteroatoms. The fourth-order valence-corrected chi connectivity index (χ4v) is 2.54. The van der Waals surface area contributed by atoms with Crippen molar-refractivity contribution < 1.29 is 4.92 Å². The average molecular weight is 292 g/mol. The van der Waals surface area contributed by atoms with Crippen molar-refractivity contribution in [2.75, 3.05) is 5.32 Å². The Morgan fingerprint density at radius 3 is 2.43 bits per heavy atom. The summed E-state index contributed by atoms with van der Waals surface area (Å²) in [6, 6.07) is 3.94. The summed E-state index contributed by atoms with van der Waals surface area (Å²) in [5.41, 5.74) is 2.86. The molecule has 0 radical (unpaired) electrons. The van der Waals surface area contributed by atoms with Gasteiger partial charge < -0.3 is 5.32 Å². The van der Waals surface area contributed by atoms with Crippen LogP contribution in [-0.4, -0.2) is 11.0 Å². The zero-order valence-corrected chi connectivity index (χ0v) is 13.7. The van der Waals surface area contributed by atoms with Crippen LogP contribution in [0.2, 0.25) is 0 Å². The maximum atomic E-state index is 10.9. The predicted octanol–water partition coefficient (Wildman–Crippen LogP) is 5.37. The van der Waals surface area contributed by atoms with Crippen molar-refractivity contribution in [3.05, 3.63) is 33.4 Å². The van der Waals surface area contributed by atoms with Crippen LogP contribution in [0.15, 0.2) is 12.1 Å². The molecule has 21 heavy (non-hydrogen) atoms. The molecular weight excluding hydrogens is 264 g/mol. The van der Waals surface area contributed by atoms with Crippen molar-refractivity contribution in [1.29, 1.82) is 0 Å². The first-order chi connectivity index (χ1) is 9.95. The monoisotopic (exact) mass is 292 g/mol. The summed E-state index contributed by atoms with van der Waals surface area (Å²) in [6.07, 6.45) is 7.58. The van der Waals surface area contributed by atoms with Gasteiger partial charge in [0.15, 0.2) is 0 Å². The molecule has 1 N–H and O–H groups in total. The fraction of sp³-hybridized carbons (Fsp3) is 0.647. The van der Waals surface area contributed by atoms with Crippen molar-refractivity contribution in [2.45, 2.75) is 72.3 Å². The molecule has 0 saturated heterocycles. The number of anilines is 1. The van der Waals surface area contributed by atoms with Gasteiger partial charge in [0.1, 0.15) is 0 Å². The molecule has 1 aromatic rings. The van der Waals surface area contributed by atoms with E-state index in [-0.39, 0.29) is 10.6 Å². The van der Waals surface area contributed by atoms with E-state index in [1.54, 1.807) is 13.0 Å². The first kappa shape index (κ1) is 17.5. The van der Waals surface area contributed by atoms with Crippen molar-refractivity contribution in [3.63, 3.8) is 0 Å². The second kappa shape index (κ2) is 8.65. The standard InChI is InChI=1S/C17H28N2O2/c1-5-6-7-8-9-10-15(4)18-16-11-14(3)17(19(20)21)12-13(16)2/h11-12,15,18H,5-10H2,1-4H3. The molecule has 1 unspecified atom stereocenters. The van der Waals surface area contributed by atoms with Gasteiger partial charge in [-0.05, 0) is 38.8 Å². The molecule has 0 fully saturated rings. The van der Waals surface area contributed by atoms with E-state index in [1.807, 2.05) is 13.0 Å². The average Bonchev–Trinajstić information content (AvgIpc) is 2.42. The molecule has 0 bridgehead atoms. The summed E-state index contributed by atoms with van der Waals surface area (Å²) in [4.78, 5) is 10.6. The molecule has 0 aliphatic heterocycles. The number of benzene rings is 1. The minimum atomic E-state index is -0.316. The smallest absolute Gasteiger partial charge is 0.272 e. The van der Waals surface area contributed by atoms with E-state index < -0.39 is 0 Å². The lowest BCUT2D eigenvalue weighted by Crippen LogP contribution is -2.16. The van der Waals surface area contributed by atoms with E-state index in [4.69, 9.17) is 0 Å². The van der Waals surface area contributed by atoms with Gasteiger partial charge in [0.25, 0.3) is 5.69 Å². The number of nitro benzene ring substituents is 1. The van der Waals surface area contributed by atoms with Gasteiger partial charge in [0.05, 0.1) is 4.92 Å². The minimum Gasteiger partial charge on any atom is -0.382 e. The molecule has 4 nitrogen and oxygen atoms in total. The molecule has 0 aliphatic carbocycles. The summed E-state index contributed by atoms with van der Waals surface area (Å²) in [5, 5.41) is 14.4. The third-order valence-corrected chi connectivity index (χ3v) is 3.88. The Morgan fingerprint density at radius 1 is 1.14 bits per heavy atom. The predicted molar refractivity (Wildman–Crippen MR) is 89.0 cm³/mol. The molecule has 0 aromatic heterocycles. The largest absolute Gasteiger partial charge is 0.382 e. The molecule has 0 saturated carbocycles. The molecule has 1 atom stereocenters. The summed E-state index contributed by atoms with van der Waals surface area (Å²) in [7, 11) is 0. The number of nitrogens with one attached hydrogen (secondary N) is 1. The van der Waals surface area contributed by atoms with Crippen molar-refractivity contribution in [3.8, 4) is 0 Å². The third-order valence-electron chi connectivity index (χ3n) is 3.88. The van der Waals surface area contributed by atoms with Crippen molar-refractivity contribution >= 4 is 11.4 Å². The molecule has 1 rings (SSSR count). The van der Waals surface area contributed by atoms with E-state index in [1.165, 1.54) is 32.1 Å². The lowest BCUT2D eigenvalue weighted by atomic mass is 10.0. The molecule has 0 amide bonds. The molecule has 0 spiro atoms. The van der Waals surface area contributed by atoms with Crippen LogP contribution in [0.25, 0.3) is 0 Å². The summed E-state index contributed by atoms with van der Waals surface area (Å²) < 4.78 is 0. The zero-order chi connectivity index (χ0) is 15.8. The van der Waals surface area contributed by atoms with Gasteiger partial charge in [-0.25, -0.2) is 0 Å². The maximum absolute atomic E-state index is 10.9. The lowest BCUT2D eigenvalue weighted by Gasteiger charge is -2.17. The maximum Gasteiger partial charge on any atom is 0.272 e. The third kappa shape index (κ3) is 5.74. The number of nitrogens with zero attached hydrogens (tertiary/aromatic N) is 1. The number of nitro groups is 1. The molecule has 0 heterocycles. The number of rotatable bonds is 9. The highest BCUT2D eigenvalue weighted by Gasteiger charge is 2.14. The second-order valence-electron chi connectivity index (χ2n) is 5.96. The van der Waals surface area contributed by atoms with Crippen molar-refractivity contribution in [1.82, 2.24) is 0 Å². The molecule has 118 valence electrons. The highest BCUT2D eigenvalue weighted by atomic mass is 16.6. The normalized spacial score (nSPS) is 12.2. The minimum absolute atomic E-state index is 0.199. The van der Waals surface area contributed by atoms with Crippen LogP contribution < -0.4 is 5.32 Å². The van der Waals surface area contributed by atoms with Gasteiger partial charge in [-0.1, -0.05) is 39.0 Å². The Hall–Kier alpha value is -1.58. The number of unbranched alkanes of at least 4 members (excludes halogenated alkanes) is 4. The van der Waals surface area contributed by atoms with E-state index in [0.717, 1.165) is 17.7 Å². The summed E-state index contributed by atoms with van der Waals surface area (Å²) in [6.45, 7) is 8.11. The fourth-order valence-electron chi connectivity index (χ4n) is 2.54. The molecular formula is C17H28N2O2. The van der Waals surface area contributed by atoms with E-state index in [0.29, 0.717) is 11.6 Å². The van der Waals surface area contributed by atoms with Crippen molar-refractivity contribution in [2.24, 2.45) is 0 Å². The van der Waals surface area contributed by atoms with Crippen LogP contribution in [0.3, 0.4) is 0 Å². The van der Waals surface area contributed by atoms with Gasteiger partial charge in [-0.2, -0.15) is 0 Å². The zero-order valence-electron chi connectivity index (χ0n) is 13.7. The van der Waals surface area contributed by atoms with Crippen LogP contribution in [0.5, 0.6) is 0 Å². The van der Waals surface area contributed by atoms with E-state index >= 15 is 0 Å². The van der Waals surface area contributed by atoms with Crippen LogP contribution >= 0.6 is 0 Å². The van der Waals surface area contributed by atoms with Crippen LogP contribution in [0, 0.1) is 24.0 Å². The highest BCUT2D eigenvalue weighted by Crippen LogP contribution is 2.26. The summed E-state index contributed by atoms with van der Waals surface area (Å²) >= 11 is 0. The topological polar surface area (TPSA) is 55.2 Å². The van der Waals surface area contributed by atoms with Gasteiger partial charge in [-0.15, -0.1) is 0 Å². The van der Waals surface area contributed by atoms with Gasteiger partial charge >= 0.3 is 0 Å². The van der Waals surface area contributed by atoms with Gasteiger partial charge in [-0.3, -0.25) is 10.1 Å². The van der Waals surface area contributed by atoms with Gasteiger partial charge in [0.2, 0.25) is 0 Å². The van der Waals surface area contributed by atoms with Crippen LogP contribution in [-0.2, 0) is 0 Å². The Labute approximate surface area is 128 Å². The summed E-state index contributed by atoms with van der Waals surface area (Å²) in [5.74, 6) is 0. The molecule has 0 aliphatic rings. The van der Waals surface area contributed by atoms with Crippen LogP contribution in [0.4, 0.5) is 11.4 Å². The number of aryl methyl sites for hydroxylation is 2. The second-order valence-corrected chi connectivity index (χ2v) is 5.96. The van der Waals surface area contributed by atoms with E-state index in [2.05, 4.69) is 19.2 Å². The number of hydrogen-bond donors (Lipinski definition) is 1. The Bertz CT molecular complexity index is 472. The highest BCUT2D eigenvalue weighted by molar-refractivity contribution is 5.59. The van der Waals surface area contributed by atoms with Crippen LogP contribution in [0.1, 0.15) is 63.5 Å². The first-order valence-corrected chi connectivity index (χ1v) is 7.97. The Kier molecular flexibility index (Phi) is 7.20. The Balaban J connectivity index is 2.54. The Morgan fingerprint density at radius 2 is 1.81 bits per heavy atom. The first-order valence-electron chi connectivity index (χ1n) is 7.97. The quantitative estimate of drug-likeness (QED) is 0.378. The SMILES string of the molecule is CCCCCCCC(C)Nc1cc(C)c([N+](=O)[O-])cc1C. The lowest BCUT2D eigenvalue weighted by molar-refractivity contribution is -0.385. The van der Waals surface area contributed by atoms with Gasteiger partial charge in [0, 0.05) is 23.4 Å². The van der Waals surface area contributed by atoms with E-state index in [9.17, 15) is 10.1 Å². The number of hydrogen-bond acceptors (Lipinski definition) is 3. The molecule has 1 aromatic carbocycles.